The van der Waals surface area contributed by atoms with E-state index in [2.05, 4.69) is 59.9 Å². The minimum absolute atomic E-state index is 0.182. The molecule has 2 rings (SSSR count). The fraction of sp³-hybridized carbons (Fsp3) is 0.545. The molecule has 0 unspecified atom stereocenters. The summed E-state index contributed by atoms with van der Waals surface area (Å²) < 4.78 is 2.09. The molecule has 34 heavy (non-hydrogen) atoms. The van der Waals surface area contributed by atoms with Gasteiger partial charge in [0, 0.05) is 41.8 Å². The van der Waals surface area contributed by atoms with E-state index in [0.717, 1.165) is 18.8 Å². The summed E-state index contributed by atoms with van der Waals surface area (Å²) in [6, 6.07) is 4.59. The van der Waals surface area contributed by atoms with Gasteiger partial charge in [-0.05, 0) is 39.1 Å². The summed E-state index contributed by atoms with van der Waals surface area (Å²) in [6.07, 6.45) is -2.29. The first-order valence-corrected chi connectivity index (χ1v) is 11.5. The van der Waals surface area contributed by atoms with Gasteiger partial charge in [0.1, 0.15) is 0 Å². The van der Waals surface area contributed by atoms with Crippen LogP contribution in [0.1, 0.15) is 54.6 Å². The summed E-state index contributed by atoms with van der Waals surface area (Å²) in [5.41, 5.74) is 0.873. The van der Waals surface area contributed by atoms with Gasteiger partial charge in [0.2, 0.25) is 0 Å². The second-order valence-electron chi connectivity index (χ2n) is 8.18. The molecule has 2 heterocycles. The first-order chi connectivity index (χ1) is 15.8. The molecule has 0 aliphatic carbocycles. The van der Waals surface area contributed by atoms with Crippen LogP contribution in [0.2, 0.25) is 0 Å². The SMILES string of the molecule is Cc1nn(C(C)C)c(C)c1CN(CCO)Cc1cccs1.O=C(O)CC(O)(CC(=O)O)C(=O)O. The number of aliphatic carboxylic acids is 3. The van der Waals surface area contributed by atoms with Crippen molar-refractivity contribution in [2.24, 2.45) is 0 Å². The van der Waals surface area contributed by atoms with Crippen LogP contribution in [0.3, 0.4) is 0 Å². The molecule has 2 aromatic rings. The third-order valence-electron chi connectivity index (χ3n) is 5.01. The first-order valence-electron chi connectivity index (χ1n) is 10.6. The number of nitrogens with zero attached hydrogens (tertiary/aromatic N) is 3. The van der Waals surface area contributed by atoms with Gasteiger partial charge in [0.15, 0.2) is 5.60 Å². The number of aliphatic hydroxyl groups is 2. The zero-order valence-electron chi connectivity index (χ0n) is 19.8. The van der Waals surface area contributed by atoms with Crippen molar-refractivity contribution in [1.82, 2.24) is 14.7 Å². The Hall–Kier alpha value is -2.80. The Morgan fingerprint density at radius 2 is 1.71 bits per heavy atom. The van der Waals surface area contributed by atoms with Crippen LogP contribution in [0.15, 0.2) is 17.5 Å². The van der Waals surface area contributed by atoms with Crippen molar-refractivity contribution in [1.29, 1.82) is 0 Å². The van der Waals surface area contributed by atoms with Crippen molar-refractivity contribution in [3.05, 3.63) is 39.3 Å². The van der Waals surface area contributed by atoms with E-state index in [1.165, 1.54) is 16.1 Å². The Balaban J connectivity index is 0.000000385. The zero-order valence-corrected chi connectivity index (χ0v) is 20.6. The van der Waals surface area contributed by atoms with Crippen molar-refractivity contribution < 1.29 is 39.9 Å². The third-order valence-corrected chi connectivity index (χ3v) is 5.87. The number of rotatable bonds is 12. The lowest BCUT2D eigenvalue weighted by molar-refractivity contribution is -0.170. The largest absolute Gasteiger partial charge is 0.481 e. The fourth-order valence-electron chi connectivity index (χ4n) is 3.34. The molecule has 0 fully saturated rings. The molecule has 0 aliphatic heterocycles. The van der Waals surface area contributed by atoms with Crippen molar-refractivity contribution in [3.63, 3.8) is 0 Å². The Morgan fingerprint density at radius 1 is 1.12 bits per heavy atom. The number of carboxylic acids is 3. The predicted molar refractivity (Wildman–Crippen MR) is 125 cm³/mol. The molecule has 0 bridgehead atoms. The van der Waals surface area contributed by atoms with E-state index in [1.807, 2.05) is 0 Å². The van der Waals surface area contributed by atoms with Crippen LogP contribution in [0.25, 0.3) is 0 Å². The topological polar surface area (TPSA) is 173 Å². The van der Waals surface area contributed by atoms with Crippen molar-refractivity contribution >= 4 is 29.2 Å². The quantitative estimate of drug-likeness (QED) is 0.290. The lowest BCUT2D eigenvalue weighted by Crippen LogP contribution is -2.42. The van der Waals surface area contributed by atoms with Gasteiger partial charge in [-0.2, -0.15) is 5.10 Å². The lowest BCUT2D eigenvalue weighted by atomic mass is 9.96. The number of carboxylic acid groups (broad SMARTS) is 3. The molecule has 11 nitrogen and oxygen atoms in total. The number of thiophene rings is 1. The summed E-state index contributed by atoms with van der Waals surface area (Å²) in [5, 5.41) is 49.9. The Kier molecular flexibility index (Phi) is 11.3. The van der Waals surface area contributed by atoms with E-state index in [4.69, 9.17) is 20.4 Å². The highest BCUT2D eigenvalue weighted by Gasteiger charge is 2.40. The minimum Gasteiger partial charge on any atom is -0.481 e. The van der Waals surface area contributed by atoms with Crippen LogP contribution in [0.5, 0.6) is 0 Å². The summed E-state index contributed by atoms with van der Waals surface area (Å²) in [6.45, 7) is 11.1. The van der Waals surface area contributed by atoms with Crippen molar-refractivity contribution in [3.8, 4) is 0 Å². The van der Waals surface area contributed by atoms with E-state index in [0.29, 0.717) is 12.6 Å². The summed E-state index contributed by atoms with van der Waals surface area (Å²) in [4.78, 5) is 34.1. The number of hydrogen-bond acceptors (Lipinski definition) is 8. The van der Waals surface area contributed by atoms with E-state index < -0.39 is 36.4 Å². The zero-order chi connectivity index (χ0) is 26.1. The monoisotopic (exact) mass is 499 g/mol. The Labute approximate surface area is 201 Å². The highest BCUT2D eigenvalue weighted by Crippen LogP contribution is 2.21. The summed E-state index contributed by atoms with van der Waals surface area (Å²) in [5.74, 6) is -5.02. The Morgan fingerprint density at radius 3 is 2.09 bits per heavy atom. The standard InChI is InChI=1S/C16H25N3OS.C6H8O7/c1-12(2)19-14(4)16(13(3)17-19)11-18(7-8-20)10-15-6-5-9-21-15;7-3(8)1-6(13,5(11)12)2-4(9)10/h5-6,9,12,20H,7-8,10-11H2,1-4H3;13H,1-2H2,(H,7,8)(H,9,10)(H,11,12). The fourth-order valence-corrected chi connectivity index (χ4v) is 4.09. The molecule has 12 heteroatoms. The van der Waals surface area contributed by atoms with Gasteiger partial charge in [-0.3, -0.25) is 19.2 Å². The molecular formula is C22H33N3O8S. The van der Waals surface area contributed by atoms with E-state index >= 15 is 0 Å². The second-order valence-corrected chi connectivity index (χ2v) is 9.21. The van der Waals surface area contributed by atoms with Gasteiger partial charge in [0.05, 0.1) is 25.1 Å². The Bertz CT molecular complexity index is 940. The minimum atomic E-state index is -2.74. The van der Waals surface area contributed by atoms with E-state index in [9.17, 15) is 19.5 Å². The normalized spacial score (nSPS) is 11.4. The summed E-state index contributed by atoms with van der Waals surface area (Å²) in [7, 11) is 0. The number of carbonyl (C=O) groups is 3. The lowest BCUT2D eigenvalue weighted by Gasteiger charge is -2.21. The van der Waals surface area contributed by atoms with Gasteiger partial charge in [-0.15, -0.1) is 11.3 Å². The molecule has 2 aromatic heterocycles. The van der Waals surface area contributed by atoms with Crippen LogP contribution in [0.4, 0.5) is 0 Å². The number of aromatic nitrogens is 2. The van der Waals surface area contributed by atoms with Crippen LogP contribution >= 0.6 is 11.3 Å². The number of aliphatic hydroxyl groups excluding tert-OH is 1. The molecule has 0 aliphatic rings. The van der Waals surface area contributed by atoms with Crippen molar-refractivity contribution in [2.75, 3.05) is 13.2 Å². The maximum absolute atomic E-state index is 10.3. The molecule has 0 saturated carbocycles. The molecule has 5 N–H and O–H groups in total. The van der Waals surface area contributed by atoms with Gasteiger partial charge < -0.3 is 25.5 Å². The summed E-state index contributed by atoms with van der Waals surface area (Å²) >= 11 is 1.76. The van der Waals surface area contributed by atoms with Crippen molar-refractivity contribution in [2.45, 2.75) is 65.3 Å². The molecule has 0 amide bonds. The smallest absolute Gasteiger partial charge is 0.336 e. The van der Waals surface area contributed by atoms with E-state index in [-0.39, 0.29) is 6.61 Å². The highest BCUT2D eigenvalue weighted by molar-refractivity contribution is 7.09. The average Bonchev–Trinajstić information content (AvgIpc) is 3.30. The molecule has 0 saturated heterocycles. The maximum atomic E-state index is 10.3. The van der Waals surface area contributed by atoms with Gasteiger partial charge in [-0.1, -0.05) is 6.07 Å². The highest BCUT2D eigenvalue weighted by atomic mass is 32.1. The molecule has 0 spiro atoms. The average molecular weight is 500 g/mol. The van der Waals surface area contributed by atoms with Gasteiger partial charge >= 0.3 is 17.9 Å². The van der Waals surface area contributed by atoms with Gasteiger partial charge in [-0.25, -0.2) is 4.79 Å². The third kappa shape index (κ3) is 8.86. The molecule has 0 radical (unpaired) electrons. The van der Waals surface area contributed by atoms with Crippen LogP contribution < -0.4 is 0 Å². The molecule has 0 atom stereocenters. The number of aryl methyl sites for hydroxylation is 1. The van der Waals surface area contributed by atoms with Crippen LogP contribution in [0, 0.1) is 13.8 Å². The number of hydrogen-bond donors (Lipinski definition) is 5. The second kappa shape index (κ2) is 13.2. The predicted octanol–water partition coefficient (Wildman–Crippen LogP) is 1.89. The van der Waals surface area contributed by atoms with E-state index in [1.54, 1.807) is 11.3 Å². The molecule has 0 aromatic carbocycles. The first kappa shape index (κ1) is 29.2. The molecular weight excluding hydrogens is 466 g/mol. The van der Waals surface area contributed by atoms with Crippen LogP contribution in [-0.2, 0) is 27.5 Å². The molecule has 190 valence electrons. The van der Waals surface area contributed by atoms with Crippen LogP contribution in [-0.4, -0.2) is 76.9 Å². The maximum Gasteiger partial charge on any atom is 0.336 e. The van der Waals surface area contributed by atoms with Gasteiger partial charge in [0.25, 0.3) is 0 Å².